The number of piperazine rings is 1. The number of anilines is 1. The van der Waals surface area contributed by atoms with Crippen LogP contribution in [0.4, 0.5) is 5.69 Å². The van der Waals surface area contributed by atoms with Crippen LogP contribution in [0, 0.1) is 13.8 Å². The summed E-state index contributed by atoms with van der Waals surface area (Å²) < 4.78 is 0. The van der Waals surface area contributed by atoms with Gasteiger partial charge >= 0.3 is 0 Å². The first kappa shape index (κ1) is 20.8. The first-order chi connectivity index (χ1) is 13.5. The van der Waals surface area contributed by atoms with Crippen molar-refractivity contribution in [3.05, 3.63) is 65.2 Å². The zero-order valence-electron chi connectivity index (χ0n) is 17.2. The second kappa shape index (κ2) is 10.0. The molecular weight excluding hydrogens is 364 g/mol. The Bertz CT molecular complexity index is 777. The lowest BCUT2D eigenvalue weighted by Crippen LogP contribution is -2.47. The summed E-state index contributed by atoms with van der Waals surface area (Å²) in [7, 11) is 2.21. The van der Waals surface area contributed by atoms with Crippen LogP contribution in [0.2, 0.25) is 0 Å². The van der Waals surface area contributed by atoms with Gasteiger partial charge in [-0.2, -0.15) is 0 Å². The highest BCUT2D eigenvalue weighted by Gasteiger charge is 2.25. The highest BCUT2D eigenvalue weighted by atomic mass is 32.1. The van der Waals surface area contributed by atoms with Crippen LogP contribution in [0.5, 0.6) is 0 Å². The summed E-state index contributed by atoms with van der Waals surface area (Å²) in [5.41, 5.74) is 4.94. The van der Waals surface area contributed by atoms with Crippen molar-refractivity contribution in [3.63, 3.8) is 0 Å². The first-order valence-electron chi connectivity index (χ1n) is 10.1. The van der Waals surface area contributed by atoms with E-state index in [1.807, 2.05) is 0 Å². The van der Waals surface area contributed by atoms with E-state index in [9.17, 15) is 0 Å². The summed E-state index contributed by atoms with van der Waals surface area (Å²) in [6, 6.07) is 17.7. The van der Waals surface area contributed by atoms with Crippen LogP contribution in [-0.2, 0) is 0 Å². The topological polar surface area (TPSA) is 30.5 Å². The van der Waals surface area contributed by atoms with Gasteiger partial charge in [0.1, 0.15) is 0 Å². The molecule has 2 aromatic rings. The second-order valence-corrected chi connectivity index (χ2v) is 8.19. The normalized spacial score (nSPS) is 18.0. The van der Waals surface area contributed by atoms with E-state index in [0.717, 1.165) is 44.8 Å². The molecule has 2 aromatic carbocycles. The number of thiocarbonyl (C=S) groups is 1. The predicted octanol–water partition coefficient (Wildman–Crippen LogP) is 3.97. The van der Waals surface area contributed by atoms with E-state index in [2.05, 4.69) is 89.9 Å². The van der Waals surface area contributed by atoms with Crippen LogP contribution in [0.25, 0.3) is 0 Å². The number of benzene rings is 2. The van der Waals surface area contributed by atoms with Gasteiger partial charge in [0.05, 0.1) is 0 Å². The first-order valence-corrected chi connectivity index (χ1v) is 10.5. The molecule has 0 spiro atoms. The lowest BCUT2D eigenvalue weighted by molar-refractivity contribution is 0.0891. The van der Waals surface area contributed by atoms with E-state index in [1.165, 1.54) is 16.7 Å². The van der Waals surface area contributed by atoms with Crippen molar-refractivity contribution in [2.45, 2.75) is 26.3 Å². The van der Waals surface area contributed by atoms with Crippen LogP contribution >= 0.6 is 12.2 Å². The molecule has 150 valence electrons. The summed E-state index contributed by atoms with van der Waals surface area (Å²) in [6.07, 6.45) is 1.07. The Morgan fingerprint density at radius 3 is 2.68 bits per heavy atom. The van der Waals surface area contributed by atoms with Gasteiger partial charge in [-0.3, -0.25) is 4.90 Å². The third kappa shape index (κ3) is 5.77. The van der Waals surface area contributed by atoms with Crippen molar-refractivity contribution in [2.75, 3.05) is 45.1 Å². The van der Waals surface area contributed by atoms with E-state index >= 15 is 0 Å². The van der Waals surface area contributed by atoms with E-state index in [1.54, 1.807) is 0 Å². The minimum Gasteiger partial charge on any atom is -0.362 e. The third-order valence-electron chi connectivity index (χ3n) is 5.43. The minimum absolute atomic E-state index is 0.472. The van der Waals surface area contributed by atoms with Crippen molar-refractivity contribution in [1.29, 1.82) is 0 Å². The van der Waals surface area contributed by atoms with Gasteiger partial charge in [-0.15, -0.1) is 0 Å². The van der Waals surface area contributed by atoms with Gasteiger partial charge in [0.25, 0.3) is 0 Å². The van der Waals surface area contributed by atoms with E-state index in [4.69, 9.17) is 12.2 Å². The van der Waals surface area contributed by atoms with Crippen LogP contribution in [-0.4, -0.2) is 54.7 Å². The van der Waals surface area contributed by atoms with E-state index in [-0.39, 0.29) is 0 Å². The molecule has 1 atom stereocenters. The van der Waals surface area contributed by atoms with Gasteiger partial charge in [0.2, 0.25) is 0 Å². The fourth-order valence-electron chi connectivity index (χ4n) is 3.74. The Hall–Kier alpha value is -1.95. The molecule has 0 aromatic heterocycles. The number of likely N-dealkylation sites (N-methyl/N-ethyl adjacent to an activating group) is 1. The molecule has 1 saturated heterocycles. The summed E-state index contributed by atoms with van der Waals surface area (Å²) in [5.74, 6) is 0. The molecule has 4 nitrogen and oxygen atoms in total. The zero-order chi connectivity index (χ0) is 19.9. The Morgan fingerprint density at radius 1 is 1.11 bits per heavy atom. The molecular formula is C23H32N4S. The molecule has 0 radical (unpaired) electrons. The lowest BCUT2D eigenvalue weighted by atomic mass is 10.0. The largest absolute Gasteiger partial charge is 0.362 e. The summed E-state index contributed by atoms with van der Waals surface area (Å²) >= 11 is 5.48. The number of hydrogen-bond donors (Lipinski definition) is 2. The second-order valence-electron chi connectivity index (χ2n) is 7.78. The summed E-state index contributed by atoms with van der Waals surface area (Å²) in [6.45, 7) is 9.48. The number of aryl methyl sites for hydroxylation is 2. The van der Waals surface area contributed by atoms with Crippen LogP contribution < -0.4 is 10.6 Å². The number of nitrogens with one attached hydrogen (secondary N) is 2. The van der Waals surface area contributed by atoms with Crippen molar-refractivity contribution in [3.8, 4) is 0 Å². The molecule has 0 bridgehead atoms. The highest BCUT2D eigenvalue weighted by molar-refractivity contribution is 7.80. The van der Waals surface area contributed by atoms with Gasteiger partial charge in [0, 0.05) is 44.5 Å². The quantitative estimate of drug-likeness (QED) is 0.570. The van der Waals surface area contributed by atoms with Gasteiger partial charge < -0.3 is 15.5 Å². The highest BCUT2D eigenvalue weighted by Crippen LogP contribution is 2.24. The predicted molar refractivity (Wildman–Crippen MR) is 123 cm³/mol. The standard InChI is InChI=1S/C23H32N4S/c1-18-10-11-19(2)21(16-18)25-23(28)24-12-7-13-27-15-14-26(3)17-22(27)20-8-5-4-6-9-20/h4-6,8-11,16,22H,7,12-15,17H2,1-3H3,(H2,24,25,28). The number of hydrogen-bond acceptors (Lipinski definition) is 3. The van der Waals surface area contributed by atoms with Gasteiger partial charge in [-0.1, -0.05) is 42.5 Å². The van der Waals surface area contributed by atoms with Crippen molar-refractivity contribution in [2.24, 2.45) is 0 Å². The van der Waals surface area contributed by atoms with Crippen molar-refractivity contribution in [1.82, 2.24) is 15.1 Å². The van der Waals surface area contributed by atoms with E-state index in [0.29, 0.717) is 11.2 Å². The lowest BCUT2D eigenvalue weighted by Gasteiger charge is -2.40. The van der Waals surface area contributed by atoms with Gasteiger partial charge in [-0.05, 0) is 62.3 Å². The molecule has 1 aliphatic rings. The fourth-order valence-corrected chi connectivity index (χ4v) is 3.95. The number of rotatable bonds is 6. The summed E-state index contributed by atoms with van der Waals surface area (Å²) in [5, 5.41) is 7.39. The molecule has 1 heterocycles. The molecule has 2 N–H and O–H groups in total. The van der Waals surface area contributed by atoms with Crippen LogP contribution in [0.3, 0.4) is 0 Å². The minimum atomic E-state index is 0.472. The monoisotopic (exact) mass is 396 g/mol. The molecule has 3 rings (SSSR count). The number of nitrogens with zero attached hydrogens (tertiary/aromatic N) is 2. The average molecular weight is 397 g/mol. The molecule has 1 unspecified atom stereocenters. The maximum atomic E-state index is 5.48. The van der Waals surface area contributed by atoms with Gasteiger partial charge in [0.15, 0.2) is 5.11 Å². The third-order valence-corrected chi connectivity index (χ3v) is 5.67. The Kier molecular flexibility index (Phi) is 7.43. The molecule has 5 heteroatoms. The molecule has 1 aliphatic heterocycles. The Morgan fingerprint density at radius 2 is 1.89 bits per heavy atom. The molecule has 1 fully saturated rings. The smallest absolute Gasteiger partial charge is 0.170 e. The van der Waals surface area contributed by atoms with Crippen molar-refractivity contribution < 1.29 is 0 Å². The maximum Gasteiger partial charge on any atom is 0.170 e. The molecule has 0 saturated carbocycles. The van der Waals surface area contributed by atoms with Crippen LogP contribution in [0.15, 0.2) is 48.5 Å². The zero-order valence-corrected chi connectivity index (χ0v) is 18.1. The molecule has 0 aliphatic carbocycles. The molecule has 28 heavy (non-hydrogen) atoms. The molecule has 0 amide bonds. The Labute approximate surface area is 174 Å². The van der Waals surface area contributed by atoms with Crippen LogP contribution in [0.1, 0.15) is 29.2 Å². The van der Waals surface area contributed by atoms with Crippen molar-refractivity contribution >= 4 is 23.0 Å². The van der Waals surface area contributed by atoms with Gasteiger partial charge in [-0.25, -0.2) is 0 Å². The maximum absolute atomic E-state index is 5.48. The average Bonchev–Trinajstić information content (AvgIpc) is 2.69. The fraction of sp³-hybridized carbons (Fsp3) is 0.435. The van der Waals surface area contributed by atoms with E-state index < -0.39 is 0 Å². The summed E-state index contributed by atoms with van der Waals surface area (Å²) in [4.78, 5) is 5.04. The Balaban J connectivity index is 1.47. The SMILES string of the molecule is Cc1ccc(C)c(NC(=S)NCCCN2CCN(C)CC2c2ccccc2)c1.